The van der Waals surface area contributed by atoms with Gasteiger partial charge in [0.1, 0.15) is 48.3 Å². The van der Waals surface area contributed by atoms with Crippen LogP contribution >= 0.6 is 0 Å². The van der Waals surface area contributed by atoms with E-state index < -0.39 is 138 Å². The number of aliphatic hydroxyl groups is 6. The number of ether oxygens (including phenoxy) is 6. The predicted molar refractivity (Wildman–Crippen MR) is 228 cm³/mol. The Morgan fingerprint density at radius 3 is 2.14 bits per heavy atom. The number of esters is 3. The number of allylic oxidation sites excluding steroid dienone is 1. The van der Waals surface area contributed by atoms with Crippen molar-refractivity contribution < 1.29 is 83.0 Å². The number of carbonyl (C=O) groups is 5. The van der Waals surface area contributed by atoms with E-state index >= 15 is 4.79 Å². The van der Waals surface area contributed by atoms with Crippen LogP contribution in [0.1, 0.15) is 83.3 Å². The van der Waals surface area contributed by atoms with E-state index in [-0.39, 0.29) is 29.7 Å². The van der Waals surface area contributed by atoms with Gasteiger partial charge < -0.3 is 64.4 Å². The average molecular weight is 922 g/mol. The first-order chi connectivity index (χ1) is 31.0. The Hall–Kier alpha value is -4.89. The van der Waals surface area contributed by atoms with Crippen molar-refractivity contribution in [3.8, 4) is 0 Å². The van der Waals surface area contributed by atoms with Gasteiger partial charge in [-0.3, -0.25) is 14.4 Å². The Kier molecular flexibility index (Phi) is 13.6. The Morgan fingerprint density at radius 2 is 1.55 bits per heavy atom. The maximum Gasteiger partial charge on any atom is 0.338 e. The topological polar surface area (TPSA) is 274 Å². The third-order valence-electron chi connectivity index (χ3n) is 14.7. The van der Waals surface area contributed by atoms with Gasteiger partial charge in [0.15, 0.2) is 23.8 Å². The van der Waals surface area contributed by atoms with Crippen LogP contribution in [0.25, 0.3) is 0 Å². The highest BCUT2D eigenvalue weighted by Crippen LogP contribution is 2.65. The lowest BCUT2D eigenvalue weighted by Gasteiger charge is -2.68. The largest absolute Gasteiger partial charge is 0.456 e. The van der Waals surface area contributed by atoms with Crippen LogP contribution in [0.3, 0.4) is 0 Å². The molecule has 2 aromatic carbocycles. The number of amides is 1. The summed E-state index contributed by atoms with van der Waals surface area (Å²) < 4.78 is 36.7. The molecule has 2 heterocycles. The van der Waals surface area contributed by atoms with Gasteiger partial charge in [-0.25, -0.2) is 9.59 Å². The Bertz CT molecular complexity index is 2270. The van der Waals surface area contributed by atoms with Gasteiger partial charge in [-0.05, 0) is 56.5 Å². The summed E-state index contributed by atoms with van der Waals surface area (Å²) in [4.78, 5) is 70.7. The zero-order valence-corrected chi connectivity index (χ0v) is 37.8. The second-order valence-electron chi connectivity index (χ2n) is 18.7. The minimum absolute atomic E-state index is 0.0304. The second-order valence-corrected chi connectivity index (χ2v) is 18.7. The predicted octanol–water partition coefficient (Wildman–Crippen LogP) is 1.28. The van der Waals surface area contributed by atoms with Gasteiger partial charge in [-0.1, -0.05) is 68.5 Å². The highest BCUT2D eigenvalue weighted by atomic mass is 16.7. The molecule has 2 bridgehead atoms. The van der Waals surface area contributed by atoms with Crippen molar-refractivity contribution in [3.63, 3.8) is 0 Å². The van der Waals surface area contributed by atoms with Gasteiger partial charge in [0.25, 0.3) is 0 Å². The smallest absolute Gasteiger partial charge is 0.338 e. The minimum atomic E-state index is -2.46. The van der Waals surface area contributed by atoms with Gasteiger partial charge >= 0.3 is 17.9 Å². The molecule has 0 spiro atoms. The fourth-order valence-corrected chi connectivity index (χ4v) is 10.7. The van der Waals surface area contributed by atoms with Gasteiger partial charge in [-0.15, -0.1) is 0 Å². The van der Waals surface area contributed by atoms with Crippen molar-refractivity contribution >= 4 is 29.6 Å². The van der Waals surface area contributed by atoms with E-state index in [4.69, 9.17) is 28.4 Å². The monoisotopic (exact) mass is 921 g/mol. The van der Waals surface area contributed by atoms with Crippen LogP contribution in [0.15, 0.2) is 83.5 Å². The SMILES string of the molecule is C/C=C(\C)C(=O)N[C@@H](c1ccccc1)[C@@H](O)C(=O)O[C@H]1C[C@@]2(O)[C@@H](OC(=O)c3ccccc3)[C@@H]3[C@]4(OC(C)=O)CO[C@@H]4C[C@H](O[C@@H]4OC[C@@H](O)[C@H](O)[C@H]4O)[C@@]3(C)C(=O)[C@H](O)C(=C1C)C2(C)C. The third-order valence-corrected chi connectivity index (χ3v) is 14.7. The molecule has 15 atom stereocenters. The number of hydrogen-bond donors (Lipinski definition) is 7. The van der Waals surface area contributed by atoms with Crippen molar-refractivity contribution in [2.24, 2.45) is 16.7 Å². The maximum atomic E-state index is 15.7. The molecular weight excluding hydrogens is 863 g/mol. The third kappa shape index (κ3) is 8.09. The fourth-order valence-electron chi connectivity index (χ4n) is 10.7. The molecule has 2 aromatic rings. The van der Waals surface area contributed by atoms with Crippen molar-refractivity contribution in [2.75, 3.05) is 13.2 Å². The van der Waals surface area contributed by atoms with Gasteiger partial charge in [0, 0.05) is 30.8 Å². The van der Waals surface area contributed by atoms with Crippen molar-refractivity contribution in [1.82, 2.24) is 5.32 Å². The summed E-state index contributed by atoms with van der Waals surface area (Å²) >= 11 is 0. The van der Waals surface area contributed by atoms with Gasteiger partial charge in [-0.2, -0.15) is 0 Å². The Balaban J connectivity index is 1.39. The maximum absolute atomic E-state index is 15.7. The number of aliphatic hydroxyl groups excluding tert-OH is 5. The molecule has 0 unspecified atom stereocenters. The molecule has 0 aromatic heterocycles. The first-order valence-electron chi connectivity index (χ1n) is 22.0. The number of nitrogens with one attached hydrogen (secondary N) is 1. The van der Waals surface area contributed by atoms with Crippen LogP contribution in [0, 0.1) is 16.7 Å². The van der Waals surface area contributed by atoms with Crippen LogP contribution in [-0.4, -0.2) is 146 Å². The van der Waals surface area contributed by atoms with E-state index in [1.165, 1.54) is 39.8 Å². The molecule has 358 valence electrons. The number of Topliss-reactive ketones (excluding diaryl/α,β-unsaturated/α-hetero) is 1. The Labute approximate surface area is 381 Å². The molecule has 4 fully saturated rings. The minimum Gasteiger partial charge on any atom is -0.456 e. The summed E-state index contributed by atoms with van der Waals surface area (Å²) in [6.45, 7) is 9.42. The molecule has 2 aliphatic heterocycles. The normalized spacial score (nSPS) is 37.0. The summed E-state index contributed by atoms with van der Waals surface area (Å²) in [5, 5.41) is 72.6. The number of fused-ring (bicyclic) bond motifs is 5. The lowest BCUT2D eigenvalue weighted by atomic mass is 9.44. The molecule has 3 aliphatic carbocycles. The lowest BCUT2D eigenvalue weighted by molar-refractivity contribution is -0.366. The van der Waals surface area contributed by atoms with Crippen molar-refractivity contribution in [3.05, 3.63) is 94.6 Å². The second kappa shape index (κ2) is 18.3. The first-order valence-corrected chi connectivity index (χ1v) is 22.0. The summed E-state index contributed by atoms with van der Waals surface area (Å²) in [6.07, 6.45) is -16.1. The van der Waals surface area contributed by atoms with E-state index in [1.54, 1.807) is 68.5 Å². The molecule has 66 heavy (non-hydrogen) atoms. The van der Waals surface area contributed by atoms with Crippen molar-refractivity contribution in [2.45, 2.75) is 140 Å². The quantitative estimate of drug-likeness (QED) is 0.0724. The fraction of sp³-hybridized carbons (Fsp3) is 0.562. The molecule has 7 N–H and O–H groups in total. The Morgan fingerprint density at radius 1 is 0.909 bits per heavy atom. The first kappa shape index (κ1) is 49.0. The number of ketones is 1. The number of hydrogen-bond acceptors (Lipinski definition) is 17. The molecule has 18 heteroatoms. The standard InChI is InChI=1S/C48H59NO17/c1-8-23(2)41(57)49-33(26-15-11-9-12-16-26)36(54)43(59)63-29-20-48(60)40(65-42(58)27-17-13-10-14-18-27)38-46(7,39(56)35(53)32(24(29)3)45(48,5)6)30(19-31-47(38,22-62-31)66-25(4)50)64-44-37(55)34(52)28(51)21-61-44/h8-18,28-31,33-38,40,44,51-55,60H,19-22H2,1-7H3,(H,49,57)/b23-8+/t28-,29+,30+,31-,33+,34+,35-,36-,37-,38+,40+,44+,46-,47+,48-/m1/s1. The van der Waals surface area contributed by atoms with Crippen LogP contribution in [0.4, 0.5) is 0 Å². The molecule has 18 nitrogen and oxygen atoms in total. The summed E-state index contributed by atoms with van der Waals surface area (Å²) in [6, 6.07) is 14.6. The molecule has 1 amide bonds. The highest BCUT2D eigenvalue weighted by molar-refractivity contribution is 5.95. The van der Waals surface area contributed by atoms with E-state index in [1.807, 2.05) is 0 Å². The number of carbonyl (C=O) groups excluding carboxylic acids is 5. The van der Waals surface area contributed by atoms with Crippen molar-refractivity contribution in [1.29, 1.82) is 0 Å². The van der Waals surface area contributed by atoms with Crippen LogP contribution < -0.4 is 5.32 Å². The average Bonchev–Trinajstić information content (AvgIpc) is 3.28. The summed E-state index contributed by atoms with van der Waals surface area (Å²) in [5.74, 6) is -6.24. The summed E-state index contributed by atoms with van der Waals surface area (Å²) in [5.41, 5.74) is -7.49. The summed E-state index contributed by atoms with van der Waals surface area (Å²) in [7, 11) is 0. The molecule has 0 radical (unpaired) electrons. The zero-order chi connectivity index (χ0) is 48.3. The van der Waals surface area contributed by atoms with Crippen LogP contribution in [0.5, 0.6) is 0 Å². The highest BCUT2D eigenvalue weighted by Gasteiger charge is 2.78. The molecule has 2 saturated heterocycles. The molecular formula is C48H59NO17. The molecule has 7 rings (SSSR count). The van der Waals surface area contributed by atoms with E-state index in [9.17, 15) is 49.8 Å². The van der Waals surface area contributed by atoms with Crippen LogP contribution in [-0.2, 0) is 47.6 Å². The number of rotatable bonds is 11. The van der Waals surface area contributed by atoms with Crippen LogP contribution in [0.2, 0.25) is 0 Å². The van der Waals surface area contributed by atoms with Gasteiger partial charge in [0.05, 0.1) is 42.3 Å². The van der Waals surface area contributed by atoms with E-state index in [0.717, 1.165) is 6.92 Å². The van der Waals surface area contributed by atoms with E-state index in [2.05, 4.69) is 5.32 Å². The number of benzene rings is 2. The van der Waals surface area contributed by atoms with Gasteiger partial charge in [0.2, 0.25) is 5.91 Å². The molecule has 5 aliphatic rings. The zero-order valence-electron chi connectivity index (χ0n) is 37.8. The lowest BCUT2D eigenvalue weighted by Crippen LogP contribution is -2.82. The molecule has 2 saturated carbocycles. The van der Waals surface area contributed by atoms with E-state index in [0.29, 0.717) is 11.1 Å².